The van der Waals surface area contributed by atoms with E-state index in [9.17, 15) is 9.59 Å². The lowest BCUT2D eigenvalue weighted by Gasteiger charge is -2.35. The number of rotatable bonds is 5. The van der Waals surface area contributed by atoms with Crippen LogP contribution in [0.15, 0.2) is 71.9 Å². The molecular weight excluding hydrogens is 328 g/mol. The Labute approximate surface area is 153 Å². The van der Waals surface area contributed by atoms with E-state index in [2.05, 4.69) is 5.32 Å². The minimum absolute atomic E-state index is 0.228. The van der Waals surface area contributed by atoms with Crippen molar-refractivity contribution in [2.75, 3.05) is 6.61 Å². The van der Waals surface area contributed by atoms with E-state index in [1.165, 1.54) is 0 Å². The van der Waals surface area contributed by atoms with Crippen LogP contribution in [-0.4, -0.2) is 23.5 Å². The van der Waals surface area contributed by atoms with Crippen molar-refractivity contribution in [3.8, 4) is 0 Å². The second-order valence-corrected chi connectivity index (χ2v) is 6.08. The molecule has 2 aromatic carbocycles. The summed E-state index contributed by atoms with van der Waals surface area (Å²) < 4.78 is 5.26. The van der Waals surface area contributed by atoms with E-state index >= 15 is 0 Å². The van der Waals surface area contributed by atoms with Gasteiger partial charge in [0.2, 0.25) is 0 Å². The van der Waals surface area contributed by atoms with Crippen molar-refractivity contribution in [2.24, 2.45) is 0 Å². The molecule has 0 aliphatic carbocycles. The summed E-state index contributed by atoms with van der Waals surface area (Å²) in [6.07, 6.45) is 0. The van der Waals surface area contributed by atoms with E-state index in [0.29, 0.717) is 17.8 Å². The van der Waals surface area contributed by atoms with Crippen LogP contribution in [0.5, 0.6) is 0 Å². The summed E-state index contributed by atoms with van der Waals surface area (Å²) in [5.74, 6) is -0.406. The molecule has 0 bridgehead atoms. The number of nitrogens with one attached hydrogen (secondary N) is 1. The number of allylic oxidation sites excluding steroid dienone is 1. The van der Waals surface area contributed by atoms with Gasteiger partial charge in [0.25, 0.3) is 0 Å². The van der Waals surface area contributed by atoms with E-state index in [4.69, 9.17) is 4.74 Å². The third-order valence-corrected chi connectivity index (χ3v) is 4.41. The first kappa shape index (κ1) is 17.7. The standard InChI is InChI=1S/C21H22N2O3/c1-3-26-20(24)18-15(2)23(14-16-10-6-4-7-11-16)21(25)22-19(18)17-12-8-5-9-13-17/h4-13,19H,3,14H2,1-2H3,(H,22,25)/t19-/m0/s1. The first-order valence-corrected chi connectivity index (χ1v) is 8.66. The third-order valence-electron chi connectivity index (χ3n) is 4.41. The van der Waals surface area contributed by atoms with Crippen LogP contribution in [0.3, 0.4) is 0 Å². The topological polar surface area (TPSA) is 58.6 Å². The van der Waals surface area contributed by atoms with E-state index < -0.39 is 12.0 Å². The molecule has 2 aromatic rings. The molecule has 5 heteroatoms. The highest BCUT2D eigenvalue weighted by atomic mass is 16.5. The Balaban J connectivity index is 2.01. The molecule has 2 amide bonds. The highest BCUT2D eigenvalue weighted by Gasteiger charge is 2.36. The maximum absolute atomic E-state index is 12.7. The average molecular weight is 350 g/mol. The summed E-state index contributed by atoms with van der Waals surface area (Å²) in [6, 6.07) is 18.4. The smallest absolute Gasteiger partial charge is 0.338 e. The maximum Gasteiger partial charge on any atom is 0.338 e. The van der Waals surface area contributed by atoms with Crippen LogP contribution in [0.1, 0.15) is 31.0 Å². The number of carbonyl (C=O) groups is 2. The first-order valence-electron chi connectivity index (χ1n) is 8.66. The molecule has 1 aliphatic rings. The van der Waals surface area contributed by atoms with Crippen LogP contribution < -0.4 is 5.32 Å². The Kier molecular flexibility index (Phi) is 5.37. The van der Waals surface area contributed by atoms with Gasteiger partial charge in [-0.1, -0.05) is 60.7 Å². The predicted octanol–water partition coefficient (Wildman–Crippen LogP) is 3.79. The predicted molar refractivity (Wildman–Crippen MR) is 99.0 cm³/mol. The first-order chi connectivity index (χ1) is 12.6. The van der Waals surface area contributed by atoms with Crippen LogP contribution in [0.2, 0.25) is 0 Å². The molecule has 1 aliphatic heterocycles. The molecule has 0 fully saturated rings. The highest BCUT2D eigenvalue weighted by Crippen LogP contribution is 2.32. The molecule has 0 unspecified atom stereocenters. The molecule has 134 valence electrons. The van der Waals surface area contributed by atoms with E-state index in [-0.39, 0.29) is 12.6 Å². The van der Waals surface area contributed by atoms with Gasteiger partial charge in [0.05, 0.1) is 24.8 Å². The number of nitrogens with zero attached hydrogens (tertiary/aromatic N) is 1. The molecular formula is C21H22N2O3. The maximum atomic E-state index is 12.7. The summed E-state index contributed by atoms with van der Waals surface area (Å²) in [4.78, 5) is 27.0. The summed E-state index contributed by atoms with van der Waals surface area (Å²) in [5, 5.41) is 2.95. The van der Waals surface area contributed by atoms with Gasteiger partial charge in [0.15, 0.2) is 0 Å². The minimum Gasteiger partial charge on any atom is -0.463 e. The zero-order chi connectivity index (χ0) is 18.5. The van der Waals surface area contributed by atoms with Crippen molar-refractivity contribution in [2.45, 2.75) is 26.4 Å². The molecule has 3 rings (SSSR count). The van der Waals surface area contributed by atoms with Gasteiger partial charge in [-0.3, -0.25) is 4.90 Å². The molecule has 1 N–H and O–H groups in total. The molecule has 0 spiro atoms. The summed E-state index contributed by atoms with van der Waals surface area (Å²) in [5.41, 5.74) is 2.92. The van der Waals surface area contributed by atoms with Crippen LogP contribution in [0.25, 0.3) is 0 Å². The van der Waals surface area contributed by atoms with Crippen molar-refractivity contribution in [3.05, 3.63) is 83.1 Å². The number of amides is 2. The Morgan fingerprint density at radius 1 is 1.08 bits per heavy atom. The molecule has 0 saturated carbocycles. The molecule has 1 atom stereocenters. The van der Waals surface area contributed by atoms with Crippen molar-refractivity contribution in [1.29, 1.82) is 0 Å². The number of hydrogen-bond acceptors (Lipinski definition) is 3. The van der Waals surface area contributed by atoms with Crippen LogP contribution in [0.4, 0.5) is 4.79 Å². The number of ether oxygens (including phenoxy) is 1. The van der Waals surface area contributed by atoms with E-state index in [1.807, 2.05) is 60.7 Å². The second-order valence-electron chi connectivity index (χ2n) is 6.08. The average Bonchev–Trinajstić information content (AvgIpc) is 2.66. The highest BCUT2D eigenvalue weighted by molar-refractivity contribution is 5.95. The lowest BCUT2D eigenvalue weighted by atomic mass is 9.94. The SMILES string of the molecule is CCOC(=O)C1=C(C)N(Cc2ccccc2)C(=O)N[C@H]1c1ccccc1. The Bertz CT molecular complexity index is 816. The molecule has 26 heavy (non-hydrogen) atoms. The molecule has 0 radical (unpaired) electrons. The van der Waals surface area contributed by atoms with Gasteiger partial charge in [0, 0.05) is 5.70 Å². The monoisotopic (exact) mass is 350 g/mol. The number of esters is 1. The summed E-state index contributed by atoms with van der Waals surface area (Å²) >= 11 is 0. The van der Waals surface area contributed by atoms with Gasteiger partial charge in [-0.25, -0.2) is 9.59 Å². The van der Waals surface area contributed by atoms with Crippen LogP contribution >= 0.6 is 0 Å². The zero-order valence-corrected chi connectivity index (χ0v) is 14.9. The van der Waals surface area contributed by atoms with Crippen molar-refractivity contribution < 1.29 is 14.3 Å². The molecule has 5 nitrogen and oxygen atoms in total. The largest absolute Gasteiger partial charge is 0.463 e. The molecule has 0 saturated heterocycles. The zero-order valence-electron chi connectivity index (χ0n) is 14.9. The second kappa shape index (κ2) is 7.87. The fraction of sp³-hybridized carbons (Fsp3) is 0.238. The van der Waals surface area contributed by atoms with Crippen molar-refractivity contribution >= 4 is 12.0 Å². The van der Waals surface area contributed by atoms with E-state index in [1.54, 1.807) is 18.7 Å². The van der Waals surface area contributed by atoms with Gasteiger partial charge in [-0.05, 0) is 25.0 Å². The number of carbonyl (C=O) groups excluding carboxylic acids is 2. The van der Waals surface area contributed by atoms with Gasteiger partial charge in [-0.15, -0.1) is 0 Å². The van der Waals surface area contributed by atoms with Gasteiger partial charge in [0.1, 0.15) is 0 Å². The lowest BCUT2D eigenvalue weighted by molar-refractivity contribution is -0.139. The minimum atomic E-state index is -0.519. The van der Waals surface area contributed by atoms with Crippen molar-refractivity contribution in [3.63, 3.8) is 0 Å². The van der Waals surface area contributed by atoms with Gasteiger partial charge >= 0.3 is 12.0 Å². The Morgan fingerprint density at radius 3 is 2.31 bits per heavy atom. The number of hydrogen-bond donors (Lipinski definition) is 1. The van der Waals surface area contributed by atoms with Crippen LogP contribution in [-0.2, 0) is 16.1 Å². The Hall–Kier alpha value is -3.08. The molecule has 1 heterocycles. The fourth-order valence-corrected chi connectivity index (χ4v) is 3.11. The fourth-order valence-electron chi connectivity index (χ4n) is 3.11. The lowest BCUT2D eigenvalue weighted by Crippen LogP contribution is -2.47. The summed E-state index contributed by atoms with van der Waals surface area (Å²) in [6.45, 7) is 4.24. The quantitative estimate of drug-likeness (QED) is 0.835. The van der Waals surface area contributed by atoms with Gasteiger partial charge in [-0.2, -0.15) is 0 Å². The number of benzene rings is 2. The third kappa shape index (κ3) is 3.61. The normalized spacial score (nSPS) is 17.1. The van der Waals surface area contributed by atoms with Gasteiger partial charge < -0.3 is 10.1 Å². The van der Waals surface area contributed by atoms with Crippen molar-refractivity contribution in [1.82, 2.24) is 10.2 Å². The summed E-state index contributed by atoms with van der Waals surface area (Å²) in [7, 11) is 0. The number of urea groups is 1. The molecule has 0 aromatic heterocycles. The van der Waals surface area contributed by atoms with E-state index in [0.717, 1.165) is 11.1 Å². The van der Waals surface area contributed by atoms with Crippen LogP contribution in [0, 0.1) is 0 Å². The Morgan fingerprint density at radius 2 is 1.69 bits per heavy atom.